The van der Waals surface area contributed by atoms with Crippen molar-refractivity contribution in [3.63, 3.8) is 0 Å². The van der Waals surface area contributed by atoms with E-state index in [-0.39, 0.29) is 5.91 Å². The fourth-order valence-electron chi connectivity index (χ4n) is 3.23. The van der Waals surface area contributed by atoms with Gasteiger partial charge < -0.3 is 9.47 Å². The Bertz CT molecular complexity index is 966. The molecule has 6 nitrogen and oxygen atoms in total. The molecule has 0 aliphatic carbocycles. The normalized spacial score (nSPS) is 12.3. The molecule has 0 spiro atoms. The van der Waals surface area contributed by atoms with Gasteiger partial charge in [0.2, 0.25) is 5.91 Å². The molecule has 1 heterocycles. The van der Waals surface area contributed by atoms with Crippen LogP contribution in [-0.2, 0) is 4.79 Å². The third-order valence-corrected chi connectivity index (χ3v) is 4.63. The Labute approximate surface area is 168 Å². The molecule has 3 aromatic carbocycles. The molecule has 1 aliphatic rings. The largest absolute Gasteiger partial charge is 0.486 e. The Balaban J connectivity index is 1.49. The Morgan fingerprint density at radius 1 is 0.724 bits per heavy atom. The summed E-state index contributed by atoms with van der Waals surface area (Å²) in [6.07, 6.45) is 0. The second-order valence-corrected chi connectivity index (χ2v) is 6.56. The van der Waals surface area contributed by atoms with Crippen LogP contribution in [-0.4, -0.2) is 25.0 Å². The molecule has 0 radical (unpaired) electrons. The van der Waals surface area contributed by atoms with Gasteiger partial charge >= 0.3 is 0 Å². The molecule has 0 bridgehead atoms. The van der Waals surface area contributed by atoms with Crippen molar-refractivity contribution in [3.05, 3.63) is 95.6 Å². The molecule has 0 fully saturated rings. The lowest BCUT2D eigenvalue weighted by Gasteiger charge is -2.20. The molecule has 4 rings (SSSR count). The van der Waals surface area contributed by atoms with Crippen molar-refractivity contribution >= 4 is 11.8 Å². The van der Waals surface area contributed by atoms with Crippen LogP contribution in [0.2, 0.25) is 0 Å². The quantitative estimate of drug-likeness (QED) is 0.674. The molecule has 2 amide bonds. The second kappa shape index (κ2) is 8.48. The summed E-state index contributed by atoms with van der Waals surface area (Å²) >= 11 is 0. The van der Waals surface area contributed by atoms with E-state index in [2.05, 4.69) is 10.9 Å². The summed E-state index contributed by atoms with van der Waals surface area (Å²) in [7, 11) is 0. The van der Waals surface area contributed by atoms with E-state index in [1.54, 1.807) is 18.2 Å². The van der Waals surface area contributed by atoms with Crippen molar-refractivity contribution in [2.45, 2.75) is 5.92 Å². The third-order valence-electron chi connectivity index (χ3n) is 4.63. The van der Waals surface area contributed by atoms with Gasteiger partial charge in [0.1, 0.15) is 13.2 Å². The number of carbonyl (C=O) groups excluding carboxylic acids is 2. The van der Waals surface area contributed by atoms with Gasteiger partial charge in [-0.2, -0.15) is 0 Å². The zero-order valence-electron chi connectivity index (χ0n) is 15.6. The first-order valence-electron chi connectivity index (χ1n) is 9.32. The minimum Gasteiger partial charge on any atom is -0.486 e. The number of nitrogens with one attached hydrogen (secondary N) is 2. The van der Waals surface area contributed by atoms with Crippen LogP contribution >= 0.6 is 0 Å². The first-order valence-corrected chi connectivity index (χ1v) is 9.32. The van der Waals surface area contributed by atoms with E-state index in [1.807, 2.05) is 60.7 Å². The smallest absolute Gasteiger partial charge is 0.269 e. The van der Waals surface area contributed by atoms with Crippen molar-refractivity contribution in [3.8, 4) is 11.5 Å². The molecule has 146 valence electrons. The Morgan fingerprint density at radius 3 is 1.93 bits per heavy atom. The van der Waals surface area contributed by atoms with E-state index >= 15 is 0 Å². The van der Waals surface area contributed by atoms with Crippen molar-refractivity contribution < 1.29 is 19.1 Å². The first-order chi connectivity index (χ1) is 14.2. The standard InChI is InChI=1S/C23H20N2O4/c26-22(18-11-12-19-20(15-18)29-14-13-28-19)24-25-23(27)21(16-7-3-1-4-8-16)17-9-5-2-6-10-17/h1-12,15,21H,13-14H2,(H,24,26)(H,25,27). The molecule has 2 N–H and O–H groups in total. The van der Waals surface area contributed by atoms with Gasteiger partial charge in [-0.3, -0.25) is 20.4 Å². The van der Waals surface area contributed by atoms with E-state index in [1.165, 1.54) is 0 Å². The highest BCUT2D eigenvalue weighted by molar-refractivity contribution is 5.97. The average molecular weight is 388 g/mol. The Hall–Kier alpha value is -3.80. The van der Waals surface area contributed by atoms with Gasteiger partial charge in [-0.05, 0) is 29.3 Å². The maximum absolute atomic E-state index is 12.9. The van der Waals surface area contributed by atoms with Crippen LogP contribution in [0.4, 0.5) is 0 Å². The van der Waals surface area contributed by atoms with Crippen molar-refractivity contribution in [1.29, 1.82) is 0 Å². The average Bonchev–Trinajstić information content (AvgIpc) is 2.79. The van der Waals surface area contributed by atoms with Crippen LogP contribution in [0.5, 0.6) is 11.5 Å². The predicted octanol–water partition coefficient (Wildman–Crippen LogP) is 3.05. The van der Waals surface area contributed by atoms with Crippen LogP contribution in [0.3, 0.4) is 0 Å². The molecule has 1 aliphatic heterocycles. The fourth-order valence-corrected chi connectivity index (χ4v) is 3.23. The molecule has 3 aromatic rings. The second-order valence-electron chi connectivity index (χ2n) is 6.56. The third kappa shape index (κ3) is 4.21. The fraction of sp³-hybridized carbons (Fsp3) is 0.130. The zero-order chi connectivity index (χ0) is 20.1. The summed E-state index contributed by atoms with van der Waals surface area (Å²) in [5, 5.41) is 0. The summed E-state index contributed by atoms with van der Waals surface area (Å²) in [6.45, 7) is 0.916. The van der Waals surface area contributed by atoms with Crippen LogP contribution in [0.25, 0.3) is 0 Å². The number of carbonyl (C=O) groups is 2. The molecule has 0 saturated carbocycles. The molecule has 0 saturated heterocycles. The Morgan fingerprint density at radius 2 is 1.31 bits per heavy atom. The molecular weight excluding hydrogens is 368 g/mol. The number of hydrogen-bond acceptors (Lipinski definition) is 4. The van der Waals surface area contributed by atoms with E-state index < -0.39 is 11.8 Å². The SMILES string of the molecule is O=C(NNC(=O)C(c1ccccc1)c1ccccc1)c1ccc2c(c1)OCCO2. The minimum atomic E-state index is -0.544. The molecule has 6 heteroatoms. The topological polar surface area (TPSA) is 76.7 Å². The highest BCUT2D eigenvalue weighted by Crippen LogP contribution is 2.30. The molecular formula is C23H20N2O4. The maximum Gasteiger partial charge on any atom is 0.269 e. The summed E-state index contributed by atoms with van der Waals surface area (Å²) in [5.74, 6) is -0.187. The maximum atomic E-state index is 12.9. The molecule has 0 unspecified atom stereocenters. The molecule has 29 heavy (non-hydrogen) atoms. The lowest BCUT2D eigenvalue weighted by atomic mass is 9.91. The molecule has 0 atom stereocenters. The monoisotopic (exact) mass is 388 g/mol. The van der Waals surface area contributed by atoms with Gasteiger partial charge in [0.05, 0.1) is 5.92 Å². The summed E-state index contributed by atoms with van der Waals surface area (Å²) in [4.78, 5) is 25.5. The van der Waals surface area contributed by atoms with Gasteiger partial charge in [-0.1, -0.05) is 60.7 Å². The summed E-state index contributed by atoms with van der Waals surface area (Å²) in [5.41, 5.74) is 7.08. The number of hydrazine groups is 1. The van der Waals surface area contributed by atoms with Gasteiger partial charge in [0.15, 0.2) is 11.5 Å². The predicted molar refractivity (Wildman–Crippen MR) is 108 cm³/mol. The number of fused-ring (bicyclic) bond motifs is 1. The van der Waals surface area contributed by atoms with Gasteiger partial charge in [0, 0.05) is 5.56 Å². The number of hydrogen-bond donors (Lipinski definition) is 2. The van der Waals surface area contributed by atoms with Gasteiger partial charge in [-0.15, -0.1) is 0 Å². The number of ether oxygens (including phenoxy) is 2. The van der Waals surface area contributed by atoms with Crippen molar-refractivity contribution in [2.75, 3.05) is 13.2 Å². The lowest BCUT2D eigenvalue weighted by Crippen LogP contribution is -2.44. The lowest BCUT2D eigenvalue weighted by molar-refractivity contribution is -0.122. The van der Waals surface area contributed by atoms with E-state index in [0.29, 0.717) is 30.3 Å². The highest BCUT2D eigenvalue weighted by Gasteiger charge is 2.23. The van der Waals surface area contributed by atoms with Crippen molar-refractivity contribution in [2.24, 2.45) is 0 Å². The first kappa shape index (κ1) is 18.6. The molecule has 0 aromatic heterocycles. The minimum absolute atomic E-state index is 0.326. The number of rotatable bonds is 4. The Kier molecular flexibility index (Phi) is 5.42. The van der Waals surface area contributed by atoms with Crippen LogP contribution in [0, 0.1) is 0 Å². The van der Waals surface area contributed by atoms with Crippen LogP contribution in [0.1, 0.15) is 27.4 Å². The zero-order valence-corrected chi connectivity index (χ0v) is 15.6. The van der Waals surface area contributed by atoms with Gasteiger partial charge in [-0.25, -0.2) is 0 Å². The number of amides is 2. The number of benzene rings is 3. The van der Waals surface area contributed by atoms with Crippen LogP contribution < -0.4 is 20.3 Å². The van der Waals surface area contributed by atoms with E-state index in [9.17, 15) is 9.59 Å². The summed E-state index contributed by atoms with van der Waals surface area (Å²) < 4.78 is 11.0. The van der Waals surface area contributed by atoms with E-state index in [0.717, 1.165) is 11.1 Å². The van der Waals surface area contributed by atoms with E-state index in [4.69, 9.17) is 9.47 Å². The summed E-state index contributed by atoms with van der Waals surface area (Å²) in [6, 6.07) is 23.8. The van der Waals surface area contributed by atoms with Gasteiger partial charge in [0.25, 0.3) is 5.91 Å². The van der Waals surface area contributed by atoms with Crippen LogP contribution in [0.15, 0.2) is 78.9 Å². The highest BCUT2D eigenvalue weighted by atomic mass is 16.6. The van der Waals surface area contributed by atoms with Crippen molar-refractivity contribution in [1.82, 2.24) is 10.9 Å².